The first-order chi connectivity index (χ1) is 22.3. The number of rotatable bonds is 8. The van der Waals surface area contributed by atoms with Gasteiger partial charge >= 0.3 is 18.4 Å². The third-order valence-electron chi connectivity index (χ3n) is 9.05. The molecule has 2 aromatic rings. The topological polar surface area (TPSA) is 93.2 Å². The molecule has 1 aliphatic carbocycles. The van der Waals surface area contributed by atoms with Gasteiger partial charge in [0.05, 0.1) is 0 Å². The van der Waals surface area contributed by atoms with Gasteiger partial charge in [0.15, 0.2) is 0 Å². The van der Waals surface area contributed by atoms with Crippen molar-refractivity contribution in [1.29, 1.82) is 0 Å². The summed E-state index contributed by atoms with van der Waals surface area (Å²) in [5.41, 5.74) is -6.91. The Hall–Kier alpha value is -3.72. The van der Waals surface area contributed by atoms with E-state index < -0.39 is 65.5 Å². The molecule has 0 aromatic heterocycles. The molecule has 3 atom stereocenters. The maximum absolute atomic E-state index is 13.6. The van der Waals surface area contributed by atoms with Crippen molar-refractivity contribution in [2.24, 2.45) is 0 Å². The van der Waals surface area contributed by atoms with Crippen LogP contribution in [0.25, 0.3) is 6.08 Å². The SMILES string of the molecule is C/C=C\c1cc(C(O)(C(F)(F)F)C(F)(F)F)ccc1N1CC(C)N(C(=O)CN2C(=O)N[C@](C)(c3ccc(SC4CC4)cc3)C2=O)CC1C. The van der Waals surface area contributed by atoms with E-state index in [-0.39, 0.29) is 18.7 Å². The molecular formula is C33H36F6N4O4S. The van der Waals surface area contributed by atoms with Gasteiger partial charge in [-0.25, -0.2) is 4.79 Å². The predicted octanol–water partition coefficient (Wildman–Crippen LogP) is 6.18. The van der Waals surface area contributed by atoms with Gasteiger partial charge in [-0.05, 0) is 75.9 Å². The minimum absolute atomic E-state index is 0.0125. The summed E-state index contributed by atoms with van der Waals surface area (Å²) < 4.78 is 81.5. The van der Waals surface area contributed by atoms with Crippen LogP contribution in [0.2, 0.25) is 0 Å². The number of carbonyl (C=O) groups excluding carboxylic acids is 3. The summed E-state index contributed by atoms with van der Waals surface area (Å²) in [6, 6.07) is 8.06. The number of aliphatic hydroxyl groups is 1. The van der Waals surface area contributed by atoms with Crippen LogP contribution in [0, 0.1) is 0 Å². The Bertz CT molecular complexity index is 1600. The van der Waals surface area contributed by atoms with Gasteiger partial charge in [-0.15, -0.1) is 11.8 Å². The zero-order valence-corrected chi connectivity index (χ0v) is 27.5. The maximum Gasteiger partial charge on any atom is 0.430 e. The van der Waals surface area contributed by atoms with Crippen molar-refractivity contribution in [1.82, 2.24) is 15.1 Å². The van der Waals surface area contributed by atoms with Crippen LogP contribution in [-0.2, 0) is 20.7 Å². The number of hydrogen-bond acceptors (Lipinski definition) is 6. The summed E-state index contributed by atoms with van der Waals surface area (Å²) in [5.74, 6) is -1.07. The number of benzene rings is 2. The average molecular weight is 699 g/mol. The summed E-state index contributed by atoms with van der Waals surface area (Å²) in [7, 11) is 0. The average Bonchev–Trinajstić information content (AvgIpc) is 3.79. The monoisotopic (exact) mass is 698 g/mol. The van der Waals surface area contributed by atoms with E-state index in [0.29, 0.717) is 28.6 Å². The van der Waals surface area contributed by atoms with Gasteiger partial charge in [0.2, 0.25) is 5.91 Å². The highest BCUT2D eigenvalue weighted by Crippen LogP contribution is 2.51. The van der Waals surface area contributed by atoms with Crippen molar-refractivity contribution in [2.45, 2.75) is 86.3 Å². The van der Waals surface area contributed by atoms with Crippen LogP contribution in [-0.4, -0.2) is 82.1 Å². The first kappa shape index (κ1) is 35.6. The molecule has 0 spiro atoms. The normalized spacial score (nSPS) is 24.1. The number of urea groups is 1. The molecule has 2 saturated heterocycles. The van der Waals surface area contributed by atoms with Crippen LogP contribution in [0.3, 0.4) is 0 Å². The summed E-state index contributed by atoms with van der Waals surface area (Å²) in [5, 5.41) is 13.3. The first-order valence-electron chi connectivity index (χ1n) is 15.4. The predicted molar refractivity (Wildman–Crippen MR) is 168 cm³/mol. The molecular weight excluding hydrogens is 662 g/mol. The number of thioether (sulfide) groups is 1. The van der Waals surface area contributed by atoms with Gasteiger partial charge in [-0.3, -0.25) is 14.5 Å². The lowest BCUT2D eigenvalue weighted by Crippen LogP contribution is -2.60. The number of imide groups is 1. The molecule has 5 rings (SSSR count). The van der Waals surface area contributed by atoms with Crippen LogP contribution < -0.4 is 10.2 Å². The minimum Gasteiger partial charge on any atom is -0.369 e. The molecule has 3 fully saturated rings. The molecule has 8 nitrogen and oxygen atoms in total. The van der Waals surface area contributed by atoms with Crippen molar-refractivity contribution >= 4 is 41.4 Å². The standard InChI is InChI=1S/C33H36F6N4O4S/c1-5-6-21-15-23(31(47,32(34,35)36)33(37,38)39)9-14-26(21)41-16-20(3)42(17-19(41)2)27(44)18-43-28(45)30(4,40-29(43)46)22-7-10-24(11-8-22)48-25-12-13-25/h5-11,14-15,19-20,25,47H,12-13,16-18H2,1-4H3,(H,40,46)/b6-5-/t19?,20?,30-/m1/s1. The molecule has 0 bridgehead atoms. The second kappa shape index (κ2) is 12.6. The number of hydrogen-bond donors (Lipinski definition) is 2. The summed E-state index contributed by atoms with van der Waals surface area (Å²) >= 11 is 1.76. The zero-order valence-electron chi connectivity index (χ0n) is 26.7. The Morgan fingerprint density at radius 3 is 2.19 bits per heavy atom. The molecule has 15 heteroatoms. The molecule has 0 radical (unpaired) electrons. The molecule has 48 heavy (non-hydrogen) atoms. The highest BCUT2D eigenvalue weighted by Gasteiger charge is 2.71. The number of amides is 4. The number of alkyl halides is 6. The lowest BCUT2D eigenvalue weighted by molar-refractivity contribution is -0.376. The van der Waals surface area contributed by atoms with E-state index in [1.807, 2.05) is 12.1 Å². The van der Waals surface area contributed by atoms with Gasteiger partial charge in [0.1, 0.15) is 12.1 Å². The Morgan fingerprint density at radius 1 is 1.00 bits per heavy atom. The number of nitrogens with zero attached hydrogens (tertiary/aromatic N) is 3. The van der Waals surface area contributed by atoms with Gasteiger partial charge in [0.25, 0.3) is 11.5 Å². The molecule has 3 aliphatic rings. The van der Waals surface area contributed by atoms with Crippen LogP contribution >= 0.6 is 11.8 Å². The fourth-order valence-electron chi connectivity index (χ4n) is 6.16. The van der Waals surface area contributed by atoms with E-state index in [1.54, 1.807) is 56.5 Å². The van der Waals surface area contributed by atoms with Gasteiger partial charge in [-0.1, -0.05) is 30.4 Å². The number of halogens is 6. The largest absolute Gasteiger partial charge is 0.430 e. The van der Waals surface area contributed by atoms with E-state index in [4.69, 9.17) is 0 Å². The molecule has 1 saturated carbocycles. The molecule has 2 unspecified atom stereocenters. The van der Waals surface area contributed by atoms with Crippen LogP contribution in [0.5, 0.6) is 0 Å². The first-order valence-corrected chi connectivity index (χ1v) is 16.3. The molecule has 260 valence electrons. The van der Waals surface area contributed by atoms with E-state index in [1.165, 1.54) is 29.9 Å². The number of piperazine rings is 1. The van der Waals surface area contributed by atoms with Crippen molar-refractivity contribution < 1.29 is 45.8 Å². The van der Waals surface area contributed by atoms with Crippen LogP contribution in [0.15, 0.2) is 53.4 Å². The second-order valence-electron chi connectivity index (χ2n) is 12.7. The van der Waals surface area contributed by atoms with Crippen molar-refractivity contribution in [2.75, 3.05) is 24.5 Å². The van der Waals surface area contributed by atoms with Gasteiger partial charge in [-0.2, -0.15) is 26.3 Å². The number of carbonyl (C=O) groups is 3. The Balaban J connectivity index is 1.31. The molecule has 2 heterocycles. The van der Waals surface area contributed by atoms with Crippen molar-refractivity contribution in [3.8, 4) is 0 Å². The van der Waals surface area contributed by atoms with Gasteiger partial charge < -0.3 is 20.2 Å². The van der Waals surface area contributed by atoms with Crippen LogP contribution in [0.1, 0.15) is 57.2 Å². The Morgan fingerprint density at radius 2 is 1.62 bits per heavy atom. The zero-order chi connectivity index (χ0) is 35.4. The lowest BCUT2D eigenvalue weighted by Gasteiger charge is -2.46. The fourth-order valence-corrected chi connectivity index (χ4v) is 7.21. The van der Waals surface area contributed by atoms with E-state index in [0.717, 1.165) is 15.9 Å². The molecule has 4 amide bonds. The summed E-state index contributed by atoms with van der Waals surface area (Å²) in [6.45, 7) is 6.29. The summed E-state index contributed by atoms with van der Waals surface area (Å²) in [4.78, 5) is 45.2. The quantitative estimate of drug-likeness (QED) is 0.253. The molecule has 2 aromatic carbocycles. The number of allylic oxidation sites excluding steroid dienone is 1. The highest BCUT2D eigenvalue weighted by molar-refractivity contribution is 8.00. The smallest absolute Gasteiger partial charge is 0.369 e. The number of nitrogens with one attached hydrogen (secondary N) is 1. The third kappa shape index (κ3) is 6.38. The highest BCUT2D eigenvalue weighted by atomic mass is 32.2. The fraction of sp³-hybridized carbons (Fsp3) is 0.485. The number of anilines is 1. The van der Waals surface area contributed by atoms with Crippen molar-refractivity contribution in [3.05, 3.63) is 65.2 Å². The van der Waals surface area contributed by atoms with E-state index in [9.17, 15) is 45.8 Å². The third-order valence-corrected chi connectivity index (χ3v) is 10.4. The maximum atomic E-state index is 13.6. The Labute approximate surface area is 278 Å². The van der Waals surface area contributed by atoms with E-state index in [2.05, 4.69) is 5.32 Å². The minimum atomic E-state index is -6.03. The summed E-state index contributed by atoms with van der Waals surface area (Å²) in [6.07, 6.45) is -6.93. The van der Waals surface area contributed by atoms with E-state index >= 15 is 0 Å². The molecule has 2 N–H and O–H groups in total. The Kier molecular flexibility index (Phi) is 9.36. The van der Waals surface area contributed by atoms with Gasteiger partial charge in [0, 0.05) is 46.6 Å². The van der Waals surface area contributed by atoms with Crippen molar-refractivity contribution in [3.63, 3.8) is 0 Å². The molecule has 2 aliphatic heterocycles. The van der Waals surface area contributed by atoms with Crippen LogP contribution in [0.4, 0.5) is 36.8 Å². The lowest BCUT2D eigenvalue weighted by atomic mass is 9.89. The second-order valence-corrected chi connectivity index (χ2v) is 14.0.